The third-order valence-electron chi connectivity index (χ3n) is 3.41. The van der Waals surface area contributed by atoms with Gasteiger partial charge in [0.15, 0.2) is 0 Å². The molecule has 2 heterocycles. The van der Waals surface area contributed by atoms with Gasteiger partial charge in [-0.15, -0.1) is 11.3 Å². The summed E-state index contributed by atoms with van der Waals surface area (Å²) in [7, 11) is -3.28. The van der Waals surface area contributed by atoms with Crippen molar-refractivity contribution < 1.29 is 8.42 Å². The summed E-state index contributed by atoms with van der Waals surface area (Å²) < 4.78 is 26.9. The summed E-state index contributed by atoms with van der Waals surface area (Å²) in [5.41, 5.74) is 0. The van der Waals surface area contributed by atoms with Crippen molar-refractivity contribution in [2.45, 2.75) is 44.6 Å². The first-order valence-corrected chi connectivity index (χ1v) is 9.11. The Bertz CT molecular complexity index is 517. The number of hydrogen-bond donors (Lipinski definition) is 1. The fourth-order valence-corrected chi connectivity index (χ4v) is 5.45. The lowest BCUT2D eigenvalue weighted by Crippen LogP contribution is -2.35. The van der Waals surface area contributed by atoms with Crippen molar-refractivity contribution in [3.8, 4) is 0 Å². The van der Waals surface area contributed by atoms with Crippen LogP contribution in [0.2, 0.25) is 0 Å². The lowest BCUT2D eigenvalue weighted by Gasteiger charge is -2.25. The fourth-order valence-electron chi connectivity index (χ4n) is 2.36. The van der Waals surface area contributed by atoms with Crippen molar-refractivity contribution in [3.05, 3.63) is 15.8 Å². The van der Waals surface area contributed by atoms with Crippen LogP contribution in [0.1, 0.15) is 35.9 Å². The van der Waals surface area contributed by atoms with Gasteiger partial charge >= 0.3 is 0 Å². The maximum absolute atomic E-state index is 12.6. The Labute approximate surface area is 119 Å². The molecule has 1 aliphatic rings. The molecule has 1 saturated heterocycles. The van der Waals surface area contributed by atoms with Crippen LogP contribution in [0.25, 0.3) is 0 Å². The Morgan fingerprint density at radius 2 is 2.00 bits per heavy atom. The number of nitrogens with one attached hydrogen (secondary N) is 1. The summed E-state index contributed by atoms with van der Waals surface area (Å²) in [6.07, 6.45) is 3.10. The minimum absolute atomic E-state index is 0.507. The minimum Gasteiger partial charge on any atom is -0.312 e. The second-order valence-electron chi connectivity index (χ2n) is 4.88. The fraction of sp³-hybridized carbons (Fsp3) is 0.692. The highest BCUT2D eigenvalue weighted by molar-refractivity contribution is 7.89. The van der Waals surface area contributed by atoms with Crippen molar-refractivity contribution in [2.24, 2.45) is 0 Å². The van der Waals surface area contributed by atoms with E-state index in [9.17, 15) is 8.42 Å². The number of aryl methyl sites for hydroxylation is 1. The minimum atomic E-state index is -3.28. The molecule has 0 spiro atoms. The number of hydrogen-bond acceptors (Lipinski definition) is 4. The van der Waals surface area contributed by atoms with Gasteiger partial charge in [-0.25, -0.2) is 8.42 Å². The molecular weight excluding hydrogens is 280 g/mol. The van der Waals surface area contributed by atoms with Crippen molar-refractivity contribution in [1.29, 1.82) is 0 Å². The molecule has 0 unspecified atom stereocenters. The smallest absolute Gasteiger partial charge is 0.244 e. The van der Waals surface area contributed by atoms with Gasteiger partial charge in [0, 0.05) is 29.4 Å². The number of nitrogens with zero attached hydrogens (tertiary/aromatic N) is 1. The molecule has 0 saturated carbocycles. The van der Waals surface area contributed by atoms with Gasteiger partial charge < -0.3 is 5.32 Å². The molecule has 2 rings (SSSR count). The summed E-state index contributed by atoms with van der Waals surface area (Å²) >= 11 is 1.58. The molecule has 0 aromatic carbocycles. The van der Waals surface area contributed by atoms with Crippen LogP contribution < -0.4 is 5.32 Å². The lowest BCUT2D eigenvalue weighted by molar-refractivity contribution is 0.346. The molecule has 0 aliphatic carbocycles. The first kappa shape index (κ1) is 15.0. The number of rotatable bonds is 5. The van der Waals surface area contributed by atoms with Crippen LogP contribution in [0.15, 0.2) is 11.0 Å². The van der Waals surface area contributed by atoms with E-state index in [-0.39, 0.29) is 0 Å². The van der Waals surface area contributed by atoms with Crippen molar-refractivity contribution in [2.75, 3.05) is 19.6 Å². The Kier molecular flexibility index (Phi) is 5.00. The SMILES string of the molecule is CCNCc1cc(S(=O)(=O)N2CCCCC2)c(C)s1. The Hall–Kier alpha value is -0.430. The predicted octanol–water partition coefficient (Wildman–Crippen LogP) is 2.34. The number of piperidine rings is 1. The van der Waals surface area contributed by atoms with E-state index in [0.717, 1.165) is 42.1 Å². The van der Waals surface area contributed by atoms with E-state index >= 15 is 0 Å². The van der Waals surface area contributed by atoms with Gasteiger partial charge in [0.25, 0.3) is 0 Å². The van der Waals surface area contributed by atoms with Gasteiger partial charge in [-0.1, -0.05) is 13.3 Å². The second-order valence-corrected chi connectivity index (χ2v) is 8.13. The predicted molar refractivity (Wildman–Crippen MR) is 79.0 cm³/mol. The normalized spacial score (nSPS) is 17.8. The summed E-state index contributed by atoms with van der Waals surface area (Å²) in [5.74, 6) is 0. The molecule has 6 heteroatoms. The molecule has 1 N–H and O–H groups in total. The van der Waals surface area contributed by atoms with Crippen LogP contribution in [-0.4, -0.2) is 32.4 Å². The highest BCUT2D eigenvalue weighted by Gasteiger charge is 2.28. The summed E-state index contributed by atoms with van der Waals surface area (Å²) in [4.78, 5) is 2.50. The topological polar surface area (TPSA) is 49.4 Å². The van der Waals surface area contributed by atoms with Crippen LogP contribution >= 0.6 is 11.3 Å². The van der Waals surface area contributed by atoms with Crippen LogP contribution in [0.4, 0.5) is 0 Å². The van der Waals surface area contributed by atoms with E-state index < -0.39 is 10.0 Å². The maximum atomic E-state index is 12.6. The molecule has 0 bridgehead atoms. The zero-order valence-electron chi connectivity index (χ0n) is 11.6. The third-order valence-corrected chi connectivity index (χ3v) is 6.61. The maximum Gasteiger partial charge on any atom is 0.244 e. The van der Waals surface area contributed by atoms with Crippen molar-refractivity contribution in [1.82, 2.24) is 9.62 Å². The molecule has 108 valence electrons. The van der Waals surface area contributed by atoms with E-state index in [2.05, 4.69) is 5.32 Å². The second kappa shape index (κ2) is 6.35. The average molecular weight is 302 g/mol. The third kappa shape index (κ3) is 3.37. The Balaban J connectivity index is 2.21. The van der Waals surface area contributed by atoms with Gasteiger partial charge in [-0.05, 0) is 32.4 Å². The summed E-state index contributed by atoms with van der Waals surface area (Å²) in [6.45, 7) is 6.92. The van der Waals surface area contributed by atoms with Crippen LogP contribution in [0, 0.1) is 6.92 Å². The molecule has 1 aromatic rings. The highest BCUT2D eigenvalue weighted by atomic mass is 32.2. The Morgan fingerprint density at radius 3 is 2.63 bits per heavy atom. The zero-order valence-corrected chi connectivity index (χ0v) is 13.2. The van der Waals surface area contributed by atoms with E-state index in [1.807, 2.05) is 19.9 Å². The van der Waals surface area contributed by atoms with Crippen LogP contribution in [-0.2, 0) is 16.6 Å². The molecule has 1 aromatic heterocycles. The molecule has 1 aliphatic heterocycles. The van der Waals surface area contributed by atoms with Crippen molar-refractivity contribution >= 4 is 21.4 Å². The summed E-state index contributed by atoms with van der Waals surface area (Å²) in [6, 6.07) is 1.84. The average Bonchev–Trinajstić information content (AvgIpc) is 2.79. The standard InChI is InChI=1S/C13H22N2O2S2/c1-3-14-10-12-9-13(11(2)18-12)19(16,17)15-7-5-4-6-8-15/h9,14H,3-8,10H2,1-2H3. The van der Waals surface area contributed by atoms with Gasteiger partial charge in [-0.2, -0.15) is 4.31 Å². The molecule has 0 radical (unpaired) electrons. The van der Waals surface area contributed by atoms with Crippen LogP contribution in [0.3, 0.4) is 0 Å². The van der Waals surface area contributed by atoms with Crippen LogP contribution in [0.5, 0.6) is 0 Å². The first-order valence-electron chi connectivity index (χ1n) is 6.86. The molecule has 0 amide bonds. The largest absolute Gasteiger partial charge is 0.312 e. The van der Waals surface area contributed by atoms with Gasteiger partial charge in [0.05, 0.1) is 4.90 Å². The first-order chi connectivity index (χ1) is 9.05. The monoisotopic (exact) mass is 302 g/mol. The number of thiophene rings is 1. The summed E-state index contributed by atoms with van der Waals surface area (Å²) in [5, 5.41) is 3.24. The molecular formula is C13H22N2O2S2. The lowest BCUT2D eigenvalue weighted by atomic mass is 10.2. The molecule has 0 atom stereocenters. The van der Waals surface area contributed by atoms with Gasteiger partial charge in [-0.3, -0.25) is 0 Å². The molecule has 1 fully saturated rings. The molecule has 4 nitrogen and oxygen atoms in total. The van der Waals surface area contributed by atoms with Crippen molar-refractivity contribution in [3.63, 3.8) is 0 Å². The number of sulfonamides is 1. The van der Waals surface area contributed by atoms with E-state index in [1.54, 1.807) is 15.6 Å². The zero-order chi connectivity index (χ0) is 13.9. The van der Waals surface area contributed by atoms with Gasteiger partial charge in [0.1, 0.15) is 0 Å². The molecule has 19 heavy (non-hydrogen) atoms. The highest BCUT2D eigenvalue weighted by Crippen LogP contribution is 2.29. The van der Waals surface area contributed by atoms with E-state index in [0.29, 0.717) is 18.0 Å². The van der Waals surface area contributed by atoms with Gasteiger partial charge in [0.2, 0.25) is 10.0 Å². The quantitative estimate of drug-likeness (QED) is 0.908. The Morgan fingerprint density at radius 1 is 1.32 bits per heavy atom. The van der Waals surface area contributed by atoms with E-state index in [1.165, 1.54) is 0 Å². The van der Waals surface area contributed by atoms with E-state index in [4.69, 9.17) is 0 Å².